The molecule has 0 aliphatic rings. The number of anilines is 2. The van der Waals surface area contributed by atoms with E-state index in [1.54, 1.807) is 60.7 Å². The van der Waals surface area contributed by atoms with Crippen LogP contribution < -0.4 is 9.62 Å². The smallest absolute Gasteiger partial charge is 0.264 e. The van der Waals surface area contributed by atoms with Gasteiger partial charge < -0.3 is 5.32 Å². The van der Waals surface area contributed by atoms with Gasteiger partial charge in [-0.3, -0.25) is 9.10 Å². The number of aryl methyl sites for hydroxylation is 3. The molecule has 5 nitrogen and oxygen atoms in total. The topological polar surface area (TPSA) is 66.5 Å². The van der Waals surface area contributed by atoms with E-state index in [9.17, 15) is 13.2 Å². The maximum absolute atomic E-state index is 13.4. The Morgan fingerprint density at radius 2 is 1.63 bits per heavy atom. The summed E-state index contributed by atoms with van der Waals surface area (Å²) in [6.45, 7) is 5.25. The van der Waals surface area contributed by atoms with Crippen molar-refractivity contribution in [3.8, 4) is 0 Å². The van der Waals surface area contributed by atoms with Crippen LogP contribution in [0.25, 0.3) is 0 Å². The van der Waals surface area contributed by atoms with Gasteiger partial charge in [0.1, 0.15) is 6.54 Å². The van der Waals surface area contributed by atoms with E-state index < -0.39 is 15.9 Å². The highest BCUT2D eigenvalue weighted by Gasteiger charge is 2.27. The SMILES string of the molecule is Cc1ccc(S(=O)(=O)N(CC(=O)Nc2ccc(C)c(Cl)c2)c2cccc(C)c2)cc1. The number of amides is 1. The summed E-state index contributed by atoms with van der Waals surface area (Å²) in [5.41, 5.74) is 3.66. The standard InChI is InChI=1S/C23H23ClN2O3S/c1-16-7-11-21(12-8-16)30(28,29)26(20-6-4-5-17(2)13-20)15-23(27)25-19-10-9-18(3)22(24)14-19/h4-14H,15H2,1-3H3,(H,25,27). The van der Waals surface area contributed by atoms with E-state index in [0.29, 0.717) is 16.4 Å². The number of nitrogens with zero attached hydrogens (tertiary/aromatic N) is 1. The quantitative estimate of drug-likeness (QED) is 0.577. The summed E-state index contributed by atoms with van der Waals surface area (Å²) in [5.74, 6) is -0.466. The van der Waals surface area contributed by atoms with Gasteiger partial charge in [-0.25, -0.2) is 8.42 Å². The molecule has 0 spiro atoms. The molecule has 3 aromatic rings. The lowest BCUT2D eigenvalue weighted by molar-refractivity contribution is -0.114. The van der Waals surface area contributed by atoms with Crippen LogP contribution in [0.5, 0.6) is 0 Å². The third-order valence-electron chi connectivity index (χ3n) is 4.64. The van der Waals surface area contributed by atoms with Gasteiger partial charge in [0, 0.05) is 10.7 Å². The molecule has 3 rings (SSSR count). The number of halogens is 1. The molecule has 3 aromatic carbocycles. The summed E-state index contributed by atoms with van der Waals surface area (Å²) < 4.78 is 27.9. The van der Waals surface area contributed by atoms with Gasteiger partial charge in [-0.1, -0.05) is 47.5 Å². The molecule has 0 saturated heterocycles. The second-order valence-corrected chi connectivity index (χ2v) is 9.45. The van der Waals surface area contributed by atoms with Crippen LogP contribution in [0.2, 0.25) is 5.02 Å². The van der Waals surface area contributed by atoms with Crippen molar-refractivity contribution >= 4 is 38.9 Å². The normalized spacial score (nSPS) is 11.2. The predicted octanol–water partition coefficient (Wildman–Crippen LogP) is 5.10. The molecule has 30 heavy (non-hydrogen) atoms. The van der Waals surface area contributed by atoms with Crippen LogP contribution in [0.4, 0.5) is 11.4 Å². The minimum Gasteiger partial charge on any atom is -0.324 e. The summed E-state index contributed by atoms with van der Waals surface area (Å²) in [7, 11) is -3.94. The van der Waals surface area contributed by atoms with Crippen LogP contribution >= 0.6 is 11.6 Å². The van der Waals surface area contributed by atoms with Crippen LogP contribution in [-0.4, -0.2) is 20.9 Å². The van der Waals surface area contributed by atoms with E-state index in [2.05, 4.69) is 5.32 Å². The minimum absolute atomic E-state index is 0.126. The molecule has 0 radical (unpaired) electrons. The van der Waals surface area contributed by atoms with E-state index in [0.717, 1.165) is 21.0 Å². The highest BCUT2D eigenvalue weighted by atomic mass is 35.5. The van der Waals surface area contributed by atoms with Gasteiger partial charge in [-0.05, 0) is 68.3 Å². The molecule has 0 aliphatic carbocycles. The van der Waals surface area contributed by atoms with Gasteiger partial charge >= 0.3 is 0 Å². The number of sulfonamides is 1. The minimum atomic E-state index is -3.94. The molecular weight excluding hydrogens is 420 g/mol. The van der Waals surface area contributed by atoms with Gasteiger partial charge in [-0.2, -0.15) is 0 Å². The number of rotatable bonds is 6. The number of carbonyl (C=O) groups is 1. The largest absolute Gasteiger partial charge is 0.324 e. The van der Waals surface area contributed by atoms with Gasteiger partial charge in [0.25, 0.3) is 10.0 Å². The van der Waals surface area contributed by atoms with Crippen molar-refractivity contribution < 1.29 is 13.2 Å². The van der Waals surface area contributed by atoms with Crippen molar-refractivity contribution in [3.05, 3.63) is 88.4 Å². The van der Waals surface area contributed by atoms with Crippen molar-refractivity contribution in [1.82, 2.24) is 0 Å². The summed E-state index contributed by atoms with van der Waals surface area (Å²) in [6.07, 6.45) is 0. The Kier molecular flexibility index (Phi) is 6.48. The van der Waals surface area contributed by atoms with Crippen molar-refractivity contribution in [2.75, 3.05) is 16.2 Å². The third-order valence-corrected chi connectivity index (χ3v) is 6.84. The summed E-state index contributed by atoms with van der Waals surface area (Å²) in [6, 6.07) is 18.8. The number of carbonyl (C=O) groups excluding carboxylic acids is 1. The van der Waals surface area contributed by atoms with Gasteiger partial charge in [0.2, 0.25) is 5.91 Å². The summed E-state index contributed by atoms with van der Waals surface area (Å²) in [4.78, 5) is 12.9. The third kappa shape index (κ3) is 5.01. The Morgan fingerprint density at radius 1 is 0.933 bits per heavy atom. The Bertz CT molecular complexity index is 1180. The fourth-order valence-electron chi connectivity index (χ4n) is 2.94. The van der Waals surface area contributed by atoms with Crippen LogP contribution in [0.3, 0.4) is 0 Å². The van der Waals surface area contributed by atoms with E-state index in [1.165, 1.54) is 0 Å². The lowest BCUT2D eigenvalue weighted by atomic mass is 10.2. The Balaban J connectivity index is 1.94. The molecule has 7 heteroatoms. The molecule has 0 unspecified atom stereocenters. The van der Waals surface area contributed by atoms with E-state index >= 15 is 0 Å². The first-order valence-corrected chi connectivity index (χ1v) is 11.2. The zero-order valence-corrected chi connectivity index (χ0v) is 18.6. The second-order valence-electron chi connectivity index (χ2n) is 7.18. The van der Waals surface area contributed by atoms with E-state index in [1.807, 2.05) is 26.8 Å². The number of nitrogens with one attached hydrogen (secondary N) is 1. The lowest BCUT2D eigenvalue weighted by Crippen LogP contribution is -2.38. The molecule has 0 aromatic heterocycles. The predicted molar refractivity (Wildman–Crippen MR) is 122 cm³/mol. The van der Waals surface area contributed by atoms with Crippen molar-refractivity contribution in [3.63, 3.8) is 0 Å². The number of benzene rings is 3. The molecule has 1 amide bonds. The van der Waals surface area contributed by atoms with Crippen molar-refractivity contribution in [2.45, 2.75) is 25.7 Å². The average molecular weight is 443 g/mol. The summed E-state index contributed by atoms with van der Waals surface area (Å²) in [5, 5.41) is 3.25. The molecule has 0 heterocycles. The van der Waals surface area contributed by atoms with E-state index in [4.69, 9.17) is 11.6 Å². The lowest BCUT2D eigenvalue weighted by Gasteiger charge is -2.24. The highest BCUT2D eigenvalue weighted by molar-refractivity contribution is 7.92. The second kappa shape index (κ2) is 8.90. The number of hydrogen-bond donors (Lipinski definition) is 1. The first kappa shape index (κ1) is 21.9. The molecule has 0 aliphatic heterocycles. The monoisotopic (exact) mass is 442 g/mol. The van der Waals surface area contributed by atoms with Gasteiger partial charge in [0.05, 0.1) is 10.6 Å². The Hall–Kier alpha value is -2.83. The molecule has 0 atom stereocenters. The Morgan fingerprint density at radius 3 is 2.27 bits per heavy atom. The van der Waals surface area contributed by atoms with Crippen LogP contribution in [0.1, 0.15) is 16.7 Å². The van der Waals surface area contributed by atoms with Gasteiger partial charge in [-0.15, -0.1) is 0 Å². The zero-order chi connectivity index (χ0) is 21.9. The molecular formula is C23H23ClN2O3S. The highest BCUT2D eigenvalue weighted by Crippen LogP contribution is 2.25. The zero-order valence-electron chi connectivity index (χ0n) is 17.0. The van der Waals surface area contributed by atoms with Crippen LogP contribution in [0.15, 0.2) is 71.6 Å². The fourth-order valence-corrected chi connectivity index (χ4v) is 4.53. The van der Waals surface area contributed by atoms with E-state index in [-0.39, 0.29) is 11.4 Å². The maximum atomic E-state index is 13.4. The maximum Gasteiger partial charge on any atom is 0.264 e. The van der Waals surface area contributed by atoms with Crippen molar-refractivity contribution in [1.29, 1.82) is 0 Å². The van der Waals surface area contributed by atoms with Crippen LogP contribution in [-0.2, 0) is 14.8 Å². The molecule has 156 valence electrons. The first-order chi connectivity index (χ1) is 14.2. The van der Waals surface area contributed by atoms with Gasteiger partial charge in [0.15, 0.2) is 0 Å². The first-order valence-electron chi connectivity index (χ1n) is 9.39. The van der Waals surface area contributed by atoms with Crippen molar-refractivity contribution in [2.24, 2.45) is 0 Å². The molecule has 1 N–H and O–H groups in total. The Labute approximate surface area is 182 Å². The molecule has 0 saturated carbocycles. The number of hydrogen-bond acceptors (Lipinski definition) is 3. The molecule has 0 bridgehead atoms. The fraction of sp³-hybridized carbons (Fsp3) is 0.174. The van der Waals surface area contributed by atoms with Crippen LogP contribution in [0, 0.1) is 20.8 Å². The summed E-state index contributed by atoms with van der Waals surface area (Å²) >= 11 is 6.12. The average Bonchev–Trinajstić information content (AvgIpc) is 2.69. The molecule has 0 fully saturated rings.